The first kappa shape index (κ1) is 17.9. The molecule has 26 heavy (non-hydrogen) atoms. The van der Waals surface area contributed by atoms with Gasteiger partial charge in [0, 0.05) is 52.2 Å². The molecular formula is C19H32N6O. The van der Waals surface area contributed by atoms with Gasteiger partial charge in [0.15, 0.2) is 0 Å². The van der Waals surface area contributed by atoms with Crippen LogP contribution in [0.2, 0.25) is 0 Å². The summed E-state index contributed by atoms with van der Waals surface area (Å²) >= 11 is 0. The molecular weight excluding hydrogens is 328 g/mol. The van der Waals surface area contributed by atoms with Gasteiger partial charge in [-0.1, -0.05) is 0 Å². The van der Waals surface area contributed by atoms with Gasteiger partial charge in [-0.3, -0.25) is 14.6 Å². The molecule has 7 heteroatoms. The van der Waals surface area contributed by atoms with E-state index in [0.717, 1.165) is 64.6 Å². The average molecular weight is 361 g/mol. The molecule has 1 aromatic rings. The van der Waals surface area contributed by atoms with Gasteiger partial charge in [0.1, 0.15) is 5.82 Å². The third kappa shape index (κ3) is 3.52. The van der Waals surface area contributed by atoms with Gasteiger partial charge in [-0.15, -0.1) is 0 Å². The molecule has 3 saturated heterocycles. The zero-order chi connectivity index (χ0) is 18.1. The van der Waals surface area contributed by atoms with E-state index in [1.807, 2.05) is 19.4 Å². The summed E-state index contributed by atoms with van der Waals surface area (Å²) in [6, 6.07) is 0.0780. The van der Waals surface area contributed by atoms with E-state index in [2.05, 4.69) is 36.6 Å². The van der Waals surface area contributed by atoms with Crippen molar-refractivity contribution in [2.24, 2.45) is 12.5 Å². The zero-order valence-corrected chi connectivity index (χ0v) is 16.2. The lowest BCUT2D eigenvalue weighted by Gasteiger charge is -2.37. The number of likely N-dealkylation sites (N-methyl/N-ethyl adjacent to an activating group) is 1. The van der Waals surface area contributed by atoms with Gasteiger partial charge >= 0.3 is 0 Å². The van der Waals surface area contributed by atoms with Crippen LogP contribution in [0.25, 0.3) is 0 Å². The highest BCUT2D eigenvalue weighted by atomic mass is 16.2. The molecule has 0 aromatic carbocycles. The van der Waals surface area contributed by atoms with E-state index in [1.54, 1.807) is 0 Å². The van der Waals surface area contributed by atoms with Crippen molar-refractivity contribution in [1.29, 1.82) is 0 Å². The lowest BCUT2D eigenvalue weighted by Crippen LogP contribution is -2.53. The van der Waals surface area contributed by atoms with Crippen LogP contribution < -0.4 is 5.32 Å². The van der Waals surface area contributed by atoms with Gasteiger partial charge in [-0.25, -0.2) is 4.98 Å². The van der Waals surface area contributed by atoms with Gasteiger partial charge in [-0.05, 0) is 44.8 Å². The fourth-order valence-corrected chi connectivity index (χ4v) is 4.95. The number of aryl methyl sites for hydroxylation is 1. The molecule has 4 rings (SSSR count). The van der Waals surface area contributed by atoms with Gasteiger partial charge in [0.05, 0.1) is 12.6 Å². The number of carbonyl (C=O) groups is 1. The largest absolute Gasteiger partial charge is 0.339 e. The van der Waals surface area contributed by atoms with Crippen LogP contribution in [0.3, 0.4) is 0 Å². The number of nitrogens with one attached hydrogen (secondary N) is 1. The lowest BCUT2D eigenvalue weighted by molar-refractivity contribution is -0.137. The van der Waals surface area contributed by atoms with Crippen LogP contribution in [0.5, 0.6) is 0 Å². The number of amides is 1. The highest BCUT2D eigenvalue weighted by molar-refractivity contribution is 5.82. The van der Waals surface area contributed by atoms with Crippen molar-refractivity contribution >= 4 is 5.91 Å². The van der Waals surface area contributed by atoms with Crippen LogP contribution in [-0.4, -0.2) is 89.1 Å². The fourth-order valence-electron chi connectivity index (χ4n) is 4.95. The molecule has 1 amide bonds. The number of aromatic nitrogens is 2. The van der Waals surface area contributed by atoms with Crippen molar-refractivity contribution in [3.63, 3.8) is 0 Å². The van der Waals surface area contributed by atoms with Crippen molar-refractivity contribution in [2.75, 3.05) is 52.9 Å². The smallest absolute Gasteiger partial charge is 0.240 e. The summed E-state index contributed by atoms with van der Waals surface area (Å²) in [6.45, 7) is 7.68. The quantitative estimate of drug-likeness (QED) is 0.831. The summed E-state index contributed by atoms with van der Waals surface area (Å²) in [4.78, 5) is 24.4. The van der Waals surface area contributed by atoms with Crippen LogP contribution >= 0.6 is 0 Å². The maximum atomic E-state index is 13.1. The third-order valence-electron chi connectivity index (χ3n) is 6.66. The van der Waals surface area contributed by atoms with E-state index < -0.39 is 0 Å². The van der Waals surface area contributed by atoms with Crippen LogP contribution in [0.15, 0.2) is 12.4 Å². The van der Waals surface area contributed by atoms with E-state index in [4.69, 9.17) is 0 Å². The summed E-state index contributed by atoms with van der Waals surface area (Å²) in [7, 11) is 4.17. The number of carbonyl (C=O) groups excluding carboxylic acids is 1. The molecule has 1 spiro atoms. The molecule has 3 aliphatic heterocycles. The molecule has 1 aromatic heterocycles. The Bertz CT molecular complexity index is 630. The van der Waals surface area contributed by atoms with E-state index in [-0.39, 0.29) is 6.04 Å². The number of nitrogens with zero attached hydrogens (tertiary/aromatic N) is 5. The SMILES string of the molecule is CN1CC2(CCNCC2)C[C@H]1C(=O)N1CCN(Cc2nccn2C)CC1. The number of likely N-dealkylation sites (tertiary alicyclic amines) is 1. The van der Waals surface area contributed by atoms with Gasteiger partial charge in [0.25, 0.3) is 0 Å². The molecule has 4 heterocycles. The summed E-state index contributed by atoms with van der Waals surface area (Å²) in [5, 5.41) is 3.46. The van der Waals surface area contributed by atoms with E-state index in [0.29, 0.717) is 11.3 Å². The molecule has 7 nitrogen and oxygen atoms in total. The first-order chi connectivity index (χ1) is 12.6. The summed E-state index contributed by atoms with van der Waals surface area (Å²) < 4.78 is 2.07. The van der Waals surface area contributed by atoms with Crippen molar-refractivity contribution in [1.82, 2.24) is 29.6 Å². The predicted octanol–water partition coefficient (Wildman–Crippen LogP) is 0.138. The summed E-state index contributed by atoms with van der Waals surface area (Å²) in [5.74, 6) is 1.44. The molecule has 144 valence electrons. The van der Waals surface area contributed by atoms with Crippen LogP contribution in [-0.2, 0) is 18.4 Å². The molecule has 1 N–H and O–H groups in total. The Morgan fingerprint density at radius 3 is 2.62 bits per heavy atom. The number of piperidine rings is 1. The Labute approximate surface area is 156 Å². The number of rotatable bonds is 3. The topological polar surface area (TPSA) is 56.6 Å². The number of piperazine rings is 1. The standard InChI is InChI=1S/C19H32N6O/c1-22-8-7-21-17(22)14-24-9-11-25(12-10-24)18(26)16-13-19(15-23(16)2)3-5-20-6-4-19/h7-8,16,20H,3-6,9-15H2,1-2H3/t16-/m0/s1. The van der Waals surface area contributed by atoms with E-state index >= 15 is 0 Å². The highest BCUT2D eigenvalue weighted by Crippen LogP contribution is 2.41. The Morgan fingerprint density at radius 2 is 1.96 bits per heavy atom. The van der Waals surface area contributed by atoms with Gasteiger partial charge in [-0.2, -0.15) is 0 Å². The van der Waals surface area contributed by atoms with Crippen LogP contribution in [0, 0.1) is 5.41 Å². The molecule has 0 bridgehead atoms. The molecule has 0 aliphatic carbocycles. The average Bonchev–Trinajstić information content (AvgIpc) is 3.19. The van der Waals surface area contributed by atoms with Gasteiger partial charge < -0.3 is 14.8 Å². The normalized spacial score (nSPS) is 27.3. The van der Waals surface area contributed by atoms with Crippen LogP contribution in [0.1, 0.15) is 25.1 Å². The molecule has 1 atom stereocenters. The predicted molar refractivity (Wildman–Crippen MR) is 101 cm³/mol. The highest BCUT2D eigenvalue weighted by Gasteiger charge is 2.46. The Kier molecular flexibility index (Phi) is 5.03. The first-order valence-corrected chi connectivity index (χ1v) is 9.95. The van der Waals surface area contributed by atoms with Crippen molar-refractivity contribution in [3.8, 4) is 0 Å². The maximum Gasteiger partial charge on any atom is 0.240 e. The third-order valence-corrected chi connectivity index (χ3v) is 6.66. The Hall–Kier alpha value is -1.44. The summed E-state index contributed by atoms with van der Waals surface area (Å²) in [6.07, 6.45) is 7.29. The maximum absolute atomic E-state index is 13.1. The van der Waals surface area contributed by atoms with Crippen molar-refractivity contribution < 1.29 is 4.79 Å². The minimum Gasteiger partial charge on any atom is -0.339 e. The second-order valence-corrected chi connectivity index (χ2v) is 8.44. The minimum atomic E-state index is 0.0780. The molecule has 0 saturated carbocycles. The van der Waals surface area contributed by atoms with E-state index in [9.17, 15) is 4.79 Å². The van der Waals surface area contributed by atoms with Crippen molar-refractivity contribution in [3.05, 3.63) is 18.2 Å². The molecule has 3 fully saturated rings. The monoisotopic (exact) mass is 360 g/mol. The van der Waals surface area contributed by atoms with Gasteiger partial charge in [0.2, 0.25) is 5.91 Å². The van der Waals surface area contributed by atoms with Crippen molar-refractivity contribution in [2.45, 2.75) is 31.8 Å². The number of imidazole rings is 1. The van der Waals surface area contributed by atoms with Crippen LogP contribution in [0.4, 0.5) is 0 Å². The molecule has 3 aliphatic rings. The first-order valence-electron chi connectivity index (χ1n) is 9.95. The number of hydrogen-bond donors (Lipinski definition) is 1. The summed E-state index contributed by atoms with van der Waals surface area (Å²) in [5.41, 5.74) is 0.361. The second-order valence-electron chi connectivity index (χ2n) is 8.44. The van der Waals surface area contributed by atoms with E-state index in [1.165, 1.54) is 12.8 Å². The Balaban J connectivity index is 1.31. The molecule has 0 radical (unpaired) electrons. The Morgan fingerprint density at radius 1 is 1.23 bits per heavy atom. The minimum absolute atomic E-state index is 0.0780. The zero-order valence-electron chi connectivity index (χ0n) is 16.2. The number of hydrogen-bond acceptors (Lipinski definition) is 5. The lowest BCUT2D eigenvalue weighted by atomic mass is 9.77. The fraction of sp³-hybridized carbons (Fsp3) is 0.789. The molecule has 0 unspecified atom stereocenters. The second kappa shape index (κ2) is 7.29.